The number of aliphatic imine (C=N–C) groups is 1. The summed E-state index contributed by atoms with van der Waals surface area (Å²) in [6, 6.07) is 10.5. The average Bonchev–Trinajstić information content (AvgIpc) is 3.43. The van der Waals surface area contributed by atoms with Crippen molar-refractivity contribution in [3.05, 3.63) is 62.5 Å². The van der Waals surface area contributed by atoms with Crippen LogP contribution in [0.1, 0.15) is 5.69 Å². The molecule has 1 amide bonds. The predicted molar refractivity (Wildman–Crippen MR) is 117 cm³/mol. The minimum Gasteiger partial charge on any atom is -0.497 e. The number of carbonyl (C=O) groups is 1. The van der Waals surface area contributed by atoms with E-state index in [-0.39, 0.29) is 11.7 Å². The standard InChI is InChI=1S/C19H15N5O4S2/c1-23-12(5-8-16(23)24(26)27)9-15-17(25)21-19(30-15)22-18-20-14(10-29-18)11-3-6-13(28-2)7-4-11/h3-10H,1-2H3,(H,20,21,22,25)/b15-9-. The third-order valence-electron chi connectivity index (χ3n) is 4.33. The molecule has 3 aromatic rings. The molecule has 1 saturated heterocycles. The van der Waals surface area contributed by atoms with E-state index >= 15 is 0 Å². The lowest BCUT2D eigenvalue weighted by molar-refractivity contribution is -0.391. The molecule has 11 heteroatoms. The molecule has 30 heavy (non-hydrogen) atoms. The van der Waals surface area contributed by atoms with Crippen LogP contribution >= 0.6 is 23.1 Å². The van der Waals surface area contributed by atoms with Crippen molar-refractivity contribution in [2.45, 2.75) is 0 Å². The first-order valence-corrected chi connectivity index (χ1v) is 10.3. The molecule has 0 spiro atoms. The van der Waals surface area contributed by atoms with Gasteiger partial charge in [0.2, 0.25) is 5.13 Å². The van der Waals surface area contributed by atoms with Crippen LogP contribution in [0.15, 0.2) is 51.7 Å². The molecule has 0 aliphatic carbocycles. The Bertz CT molecular complexity index is 1190. The monoisotopic (exact) mass is 441 g/mol. The number of nitrogens with one attached hydrogen (secondary N) is 1. The van der Waals surface area contributed by atoms with Crippen LogP contribution in [0.3, 0.4) is 0 Å². The summed E-state index contributed by atoms with van der Waals surface area (Å²) in [4.78, 5) is 32.1. The van der Waals surface area contributed by atoms with Gasteiger partial charge in [0.1, 0.15) is 11.4 Å². The summed E-state index contributed by atoms with van der Waals surface area (Å²) in [5.41, 5.74) is 2.27. The fourth-order valence-electron chi connectivity index (χ4n) is 2.76. The molecular weight excluding hydrogens is 426 g/mol. The molecule has 4 rings (SSSR count). The van der Waals surface area contributed by atoms with E-state index in [1.807, 2.05) is 29.6 Å². The van der Waals surface area contributed by atoms with Crippen molar-refractivity contribution in [3.63, 3.8) is 0 Å². The first kappa shape index (κ1) is 19.9. The van der Waals surface area contributed by atoms with Crippen LogP contribution in [0.5, 0.6) is 5.75 Å². The second-order valence-electron chi connectivity index (χ2n) is 6.16. The highest BCUT2D eigenvalue weighted by molar-refractivity contribution is 8.18. The van der Waals surface area contributed by atoms with E-state index in [2.05, 4.69) is 15.3 Å². The van der Waals surface area contributed by atoms with Crippen LogP contribution in [0, 0.1) is 10.1 Å². The number of aromatic nitrogens is 2. The highest BCUT2D eigenvalue weighted by atomic mass is 32.2. The lowest BCUT2D eigenvalue weighted by atomic mass is 10.2. The second-order valence-corrected chi connectivity index (χ2v) is 8.03. The quantitative estimate of drug-likeness (QED) is 0.364. The number of amides is 1. The van der Waals surface area contributed by atoms with E-state index in [9.17, 15) is 14.9 Å². The lowest BCUT2D eigenvalue weighted by Crippen LogP contribution is -2.19. The smallest absolute Gasteiger partial charge is 0.323 e. The maximum absolute atomic E-state index is 12.3. The number of amidine groups is 1. The summed E-state index contributed by atoms with van der Waals surface area (Å²) in [6.07, 6.45) is 1.60. The largest absolute Gasteiger partial charge is 0.497 e. The lowest BCUT2D eigenvalue weighted by Gasteiger charge is -2.00. The fourth-order valence-corrected chi connectivity index (χ4v) is 4.32. The number of benzene rings is 1. The predicted octanol–water partition coefficient (Wildman–Crippen LogP) is 3.96. The number of methoxy groups -OCH3 is 1. The highest BCUT2D eigenvalue weighted by Gasteiger charge is 2.26. The maximum atomic E-state index is 12.3. The molecule has 1 fully saturated rings. The van der Waals surface area contributed by atoms with Crippen molar-refractivity contribution in [2.75, 3.05) is 7.11 Å². The highest BCUT2D eigenvalue weighted by Crippen LogP contribution is 2.32. The third-order valence-corrected chi connectivity index (χ3v) is 5.97. The molecule has 3 heterocycles. The van der Waals surface area contributed by atoms with Crippen LogP contribution in [-0.2, 0) is 11.8 Å². The Hall–Kier alpha value is -3.44. The van der Waals surface area contributed by atoms with Gasteiger partial charge in [0.15, 0.2) is 5.17 Å². The molecule has 0 atom stereocenters. The van der Waals surface area contributed by atoms with Gasteiger partial charge in [0.05, 0.1) is 24.8 Å². The normalized spacial score (nSPS) is 16.3. The average molecular weight is 441 g/mol. The fraction of sp³-hybridized carbons (Fsp3) is 0.105. The number of rotatable bonds is 5. The van der Waals surface area contributed by atoms with Crippen LogP contribution < -0.4 is 10.1 Å². The number of hydrogen-bond donors (Lipinski definition) is 1. The molecule has 0 radical (unpaired) electrons. The van der Waals surface area contributed by atoms with Gasteiger partial charge in [-0.15, -0.1) is 11.3 Å². The molecule has 0 bridgehead atoms. The van der Waals surface area contributed by atoms with Crippen LogP contribution in [0.25, 0.3) is 17.3 Å². The Morgan fingerprint density at radius 1 is 1.27 bits per heavy atom. The number of nitrogens with zero attached hydrogens (tertiary/aromatic N) is 4. The Balaban J connectivity index is 1.53. The van der Waals surface area contributed by atoms with Crippen LogP contribution in [-0.4, -0.2) is 32.7 Å². The van der Waals surface area contributed by atoms with Crippen LogP contribution in [0.4, 0.5) is 10.9 Å². The zero-order valence-corrected chi connectivity index (χ0v) is 17.5. The van der Waals surface area contributed by atoms with Crippen molar-refractivity contribution in [1.29, 1.82) is 0 Å². The Morgan fingerprint density at radius 3 is 2.70 bits per heavy atom. The number of nitro groups is 1. The third kappa shape index (κ3) is 3.98. The summed E-state index contributed by atoms with van der Waals surface area (Å²) in [5, 5.41) is 16.5. The maximum Gasteiger partial charge on any atom is 0.323 e. The Labute approximate surface area is 179 Å². The number of thioether (sulfide) groups is 1. The van der Waals surface area contributed by atoms with Gasteiger partial charge in [-0.25, -0.2) is 9.55 Å². The molecule has 9 nitrogen and oxygen atoms in total. The van der Waals surface area contributed by atoms with Crippen molar-refractivity contribution in [1.82, 2.24) is 14.9 Å². The van der Waals surface area contributed by atoms with E-state index in [1.165, 1.54) is 22.0 Å². The molecular formula is C19H15N5O4S2. The molecule has 152 valence electrons. The van der Waals surface area contributed by atoms with Gasteiger partial charge in [-0.1, -0.05) is 0 Å². The first-order chi connectivity index (χ1) is 14.4. The van der Waals surface area contributed by atoms with E-state index < -0.39 is 4.92 Å². The van der Waals surface area contributed by atoms with E-state index in [1.54, 1.807) is 26.3 Å². The number of ether oxygens (including phenoxy) is 1. The summed E-state index contributed by atoms with van der Waals surface area (Å²) >= 11 is 2.53. The zero-order valence-electron chi connectivity index (χ0n) is 15.9. The molecule has 1 aromatic carbocycles. The van der Waals surface area contributed by atoms with Gasteiger partial charge >= 0.3 is 5.82 Å². The van der Waals surface area contributed by atoms with Crippen molar-refractivity contribution in [3.8, 4) is 17.0 Å². The molecule has 1 aliphatic rings. The van der Waals surface area contributed by atoms with Crippen molar-refractivity contribution >= 4 is 51.2 Å². The number of thiazole rings is 1. The number of hydrogen-bond acceptors (Lipinski definition) is 8. The van der Waals surface area contributed by atoms with E-state index in [0.29, 0.717) is 20.9 Å². The Kier molecular flexibility index (Phi) is 5.38. The summed E-state index contributed by atoms with van der Waals surface area (Å²) in [6.45, 7) is 0. The van der Waals surface area contributed by atoms with Gasteiger partial charge in [0, 0.05) is 23.1 Å². The van der Waals surface area contributed by atoms with E-state index in [4.69, 9.17) is 4.74 Å². The van der Waals surface area contributed by atoms with Gasteiger partial charge in [-0.05, 0) is 47.0 Å². The van der Waals surface area contributed by atoms with Crippen molar-refractivity contribution in [2.24, 2.45) is 12.0 Å². The summed E-state index contributed by atoms with van der Waals surface area (Å²) in [5.74, 6) is 0.407. The summed E-state index contributed by atoms with van der Waals surface area (Å²) in [7, 11) is 3.19. The van der Waals surface area contributed by atoms with Crippen molar-refractivity contribution < 1.29 is 14.5 Å². The molecule has 1 N–H and O–H groups in total. The van der Waals surface area contributed by atoms with Gasteiger partial charge in [-0.3, -0.25) is 4.79 Å². The van der Waals surface area contributed by atoms with Gasteiger partial charge in [-0.2, -0.15) is 4.99 Å². The molecule has 1 aliphatic heterocycles. The molecule has 2 aromatic heterocycles. The van der Waals surface area contributed by atoms with Crippen LogP contribution in [0.2, 0.25) is 0 Å². The van der Waals surface area contributed by atoms with E-state index in [0.717, 1.165) is 28.8 Å². The topological polar surface area (TPSA) is 112 Å². The molecule has 0 unspecified atom stereocenters. The zero-order chi connectivity index (χ0) is 21.3. The second kappa shape index (κ2) is 8.13. The number of carbonyl (C=O) groups excluding carboxylic acids is 1. The summed E-state index contributed by atoms with van der Waals surface area (Å²) < 4.78 is 6.57. The Morgan fingerprint density at radius 2 is 2.03 bits per heavy atom. The first-order valence-electron chi connectivity index (χ1n) is 8.64. The van der Waals surface area contributed by atoms with Gasteiger partial charge in [0.25, 0.3) is 5.91 Å². The SMILES string of the molecule is COc1ccc(-c2csc(N=C3NC(=O)/C(=C/c4ccc([N+](=O)[O-])n4C)S3)n2)cc1. The van der Waals surface area contributed by atoms with Gasteiger partial charge < -0.3 is 20.2 Å². The minimum atomic E-state index is -0.473. The minimum absolute atomic E-state index is 0.0482. The molecule has 0 saturated carbocycles.